The van der Waals surface area contributed by atoms with Crippen molar-refractivity contribution in [1.82, 2.24) is 10.3 Å². The van der Waals surface area contributed by atoms with Gasteiger partial charge < -0.3 is 14.7 Å². The van der Waals surface area contributed by atoms with E-state index in [9.17, 15) is 8.96 Å². The molecule has 5 nitrogen and oxygen atoms in total. The van der Waals surface area contributed by atoms with Gasteiger partial charge in [-0.15, -0.1) is 11.8 Å². The van der Waals surface area contributed by atoms with Crippen LogP contribution >= 0.6 is 20.0 Å². The number of halogens is 1. The van der Waals surface area contributed by atoms with E-state index in [1.165, 1.54) is 23.4 Å². The van der Waals surface area contributed by atoms with E-state index in [1.54, 1.807) is 6.20 Å². The number of hydrogen-bond acceptors (Lipinski definition) is 5. The summed E-state index contributed by atoms with van der Waals surface area (Å²) in [5.41, 5.74) is 2.14. The van der Waals surface area contributed by atoms with Crippen LogP contribution in [0, 0.1) is 5.82 Å². The Labute approximate surface area is 183 Å². The van der Waals surface area contributed by atoms with Crippen LogP contribution in [0.25, 0.3) is 0 Å². The van der Waals surface area contributed by atoms with E-state index in [0.29, 0.717) is 30.1 Å². The SMILES string of the molecule is CC(C)(CCCCSc1cnc(CNCCCO[PH](=O)O)cc1F)c1ccccc1. The normalized spacial score (nSPS) is 12.8. The van der Waals surface area contributed by atoms with Gasteiger partial charge in [0.05, 0.1) is 17.2 Å². The van der Waals surface area contributed by atoms with E-state index >= 15 is 0 Å². The second kappa shape index (κ2) is 13.2. The Balaban J connectivity index is 1.65. The Bertz CT molecular complexity index is 793. The summed E-state index contributed by atoms with van der Waals surface area (Å²) in [5, 5.41) is 3.12. The van der Waals surface area contributed by atoms with Crippen LogP contribution in [0.15, 0.2) is 47.5 Å². The Hall–Kier alpha value is -1.24. The molecule has 8 heteroatoms. The summed E-state index contributed by atoms with van der Waals surface area (Å²) in [4.78, 5) is 13.5. The first-order valence-electron chi connectivity index (χ1n) is 10.3. The molecule has 0 spiro atoms. The quantitative estimate of drug-likeness (QED) is 0.228. The van der Waals surface area contributed by atoms with Crippen molar-refractivity contribution in [2.75, 3.05) is 18.9 Å². The summed E-state index contributed by atoms with van der Waals surface area (Å²) in [6.45, 7) is 5.82. The Morgan fingerprint density at radius 3 is 2.70 bits per heavy atom. The molecule has 30 heavy (non-hydrogen) atoms. The number of nitrogens with one attached hydrogen (secondary N) is 1. The van der Waals surface area contributed by atoms with Gasteiger partial charge in [0.15, 0.2) is 0 Å². The highest BCUT2D eigenvalue weighted by molar-refractivity contribution is 7.99. The molecule has 0 aliphatic carbocycles. The summed E-state index contributed by atoms with van der Waals surface area (Å²) in [7, 11) is -2.86. The molecule has 166 valence electrons. The molecular weight excluding hydrogens is 422 g/mol. The first-order valence-corrected chi connectivity index (χ1v) is 12.5. The number of nitrogens with zero attached hydrogens (tertiary/aromatic N) is 1. The summed E-state index contributed by atoms with van der Waals surface area (Å²) < 4.78 is 29.4. The Kier molecular flexibility index (Phi) is 11.0. The summed E-state index contributed by atoms with van der Waals surface area (Å²) in [6.07, 6.45) is 5.44. The second-order valence-corrected chi connectivity index (χ2v) is 9.76. The minimum atomic E-state index is -2.86. The van der Waals surface area contributed by atoms with Crippen LogP contribution in [-0.4, -0.2) is 28.8 Å². The summed E-state index contributed by atoms with van der Waals surface area (Å²) in [5.74, 6) is 0.633. The van der Waals surface area contributed by atoms with Crippen LogP contribution in [0.4, 0.5) is 4.39 Å². The predicted octanol–water partition coefficient (Wildman–Crippen LogP) is 5.34. The second-order valence-electron chi connectivity index (χ2n) is 7.81. The minimum absolute atomic E-state index is 0.149. The zero-order chi connectivity index (χ0) is 21.8. The van der Waals surface area contributed by atoms with Gasteiger partial charge in [0.25, 0.3) is 0 Å². The van der Waals surface area contributed by atoms with Gasteiger partial charge in [0, 0.05) is 12.7 Å². The van der Waals surface area contributed by atoms with Crippen LogP contribution < -0.4 is 5.32 Å². The number of benzene rings is 1. The van der Waals surface area contributed by atoms with Crippen molar-refractivity contribution in [1.29, 1.82) is 0 Å². The molecule has 1 atom stereocenters. The number of pyridine rings is 1. The fourth-order valence-corrected chi connectivity index (χ4v) is 4.33. The van der Waals surface area contributed by atoms with Crippen molar-refractivity contribution in [3.05, 3.63) is 59.7 Å². The maximum absolute atomic E-state index is 14.3. The molecule has 2 aromatic rings. The maximum atomic E-state index is 14.3. The molecule has 1 heterocycles. The largest absolute Gasteiger partial charge is 0.326 e. The number of hydrogen-bond donors (Lipinski definition) is 2. The average Bonchev–Trinajstić information content (AvgIpc) is 2.72. The van der Waals surface area contributed by atoms with E-state index in [0.717, 1.165) is 25.0 Å². The maximum Gasteiger partial charge on any atom is 0.316 e. The molecule has 0 amide bonds. The monoisotopic (exact) mass is 454 g/mol. The lowest BCUT2D eigenvalue weighted by molar-refractivity contribution is 0.276. The topological polar surface area (TPSA) is 71.5 Å². The number of unbranched alkanes of at least 4 members (excludes halogenated alkanes) is 1. The third-order valence-electron chi connectivity index (χ3n) is 4.91. The summed E-state index contributed by atoms with van der Waals surface area (Å²) >= 11 is 1.51. The van der Waals surface area contributed by atoms with Gasteiger partial charge in [-0.25, -0.2) is 4.39 Å². The van der Waals surface area contributed by atoms with Crippen molar-refractivity contribution in [3.8, 4) is 0 Å². The van der Waals surface area contributed by atoms with E-state index < -0.39 is 8.25 Å². The lowest BCUT2D eigenvalue weighted by Crippen LogP contribution is -2.17. The smallest absolute Gasteiger partial charge is 0.316 e. The first-order chi connectivity index (χ1) is 14.4. The molecule has 0 aliphatic heterocycles. The highest BCUT2D eigenvalue weighted by Gasteiger charge is 2.19. The highest BCUT2D eigenvalue weighted by Crippen LogP contribution is 2.30. The van der Waals surface area contributed by atoms with Crippen LogP contribution in [0.2, 0.25) is 0 Å². The third kappa shape index (κ3) is 9.27. The van der Waals surface area contributed by atoms with Gasteiger partial charge in [-0.3, -0.25) is 9.55 Å². The van der Waals surface area contributed by atoms with Crippen molar-refractivity contribution in [3.63, 3.8) is 0 Å². The van der Waals surface area contributed by atoms with Crippen LogP contribution in [-0.2, 0) is 21.0 Å². The highest BCUT2D eigenvalue weighted by atomic mass is 32.2. The standard InChI is InChI=1S/C22H32FN2O3PS/c1-22(2,18-9-4-3-5-10-18)11-6-7-14-30-21-17-25-19(15-20(21)23)16-24-12-8-13-28-29(26)27/h3-5,9-10,15,17,24,29H,6-8,11-14,16H2,1-2H3,(H,26,27). The van der Waals surface area contributed by atoms with Gasteiger partial charge in [-0.05, 0) is 48.6 Å². The van der Waals surface area contributed by atoms with E-state index in [4.69, 9.17) is 4.89 Å². The lowest BCUT2D eigenvalue weighted by Gasteiger charge is -2.25. The van der Waals surface area contributed by atoms with Gasteiger partial charge in [-0.2, -0.15) is 0 Å². The molecule has 0 saturated heterocycles. The third-order valence-corrected chi connectivity index (χ3v) is 6.47. The zero-order valence-corrected chi connectivity index (χ0v) is 19.5. The van der Waals surface area contributed by atoms with Crippen molar-refractivity contribution < 1.29 is 18.4 Å². The number of thioether (sulfide) groups is 1. The Morgan fingerprint density at radius 2 is 2.00 bits per heavy atom. The molecule has 1 aromatic heterocycles. The molecule has 0 fully saturated rings. The Morgan fingerprint density at radius 1 is 1.23 bits per heavy atom. The lowest BCUT2D eigenvalue weighted by atomic mass is 9.80. The number of rotatable bonds is 14. The zero-order valence-electron chi connectivity index (χ0n) is 17.7. The molecule has 0 bridgehead atoms. The molecule has 0 aliphatic rings. The fraction of sp³-hybridized carbons (Fsp3) is 0.500. The van der Waals surface area contributed by atoms with E-state index in [2.05, 4.69) is 52.9 Å². The summed E-state index contributed by atoms with van der Waals surface area (Å²) in [6, 6.07) is 12.0. The molecular formula is C22H32FN2O3PS. The fourth-order valence-electron chi connectivity index (χ4n) is 3.12. The van der Waals surface area contributed by atoms with Crippen molar-refractivity contribution in [2.24, 2.45) is 0 Å². The van der Waals surface area contributed by atoms with Gasteiger partial charge in [-0.1, -0.05) is 50.6 Å². The van der Waals surface area contributed by atoms with Crippen molar-refractivity contribution in [2.45, 2.75) is 56.4 Å². The predicted molar refractivity (Wildman–Crippen MR) is 122 cm³/mol. The molecule has 2 rings (SSSR count). The molecule has 0 radical (unpaired) electrons. The van der Waals surface area contributed by atoms with Crippen molar-refractivity contribution >= 4 is 20.0 Å². The number of aromatic nitrogens is 1. The van der Waals surface area contributed by atoms with Gasteiger partial charge in [0.2, 0.25) is 0 Å². The van der Waals surface area contributed by atoms with Crippen LogP contribution in [0.1, 0.15) is 50.8 Å². The molecule has 1 aromatic carbocycles. The molecule has 2 N–H and O–H groups in total. The van der Waals surface area contributed by atoms with E-state index in [1.807, 2.05) is 6.07 Å². The average molecular weight is 455 g/mol. The molecule has 0 saturated carbocycles. The van der Waals surface area contributed by atoms with Gasteiger partial charge >= 0.3 is 8.25 Å². The first kappa shape index (κ1) is 25.0. The minimum Gasteiger partial charge on any atom is -0.326 e. The van der Waals surface area contributed by atoms with Crippen LogP contribution in [0.3, 0.4) is 0 Å². The van der Waals surface area contributed by atoms with Gasteiger partial charge in [0.1, 0.15) is 5.82 Å². The molecule has 1 unspecified atom stereocenters. The van der Waals surface area contributed by atoms with Crippen LogP contribution in [0.5, 0.6) is 0 Å². The van der Waals surface area contributed by atoms with E-state index in [-0.39, 0.29) is 17.8 Å².